The van der Waals surface area contributed by atoms with E-state index in [2.05, 4.69) is 13.8 Å². The fourth-order valence-corrected chi connectivity index (χ4v) is 2.85. The zero-order valence-electron chi connectivity index (χ0n) is 11.4. The summed E-state index contributed by atoms with van der Waals surface area (Å²) >= 11 is 0. The Balaban J connectivity index is 2.35. The molecule has 1 heteroatoms. The average molecular weight is 226 g/mol. The van der Waals surface area contributed by atoms with E-state index in [-0.39, 0.29) is 5.60 Å². The molecule has 1 aliphatic rings. The van der Waals surface area contributed by atoms with E-state index in [1.54, 1.807) is 0 Å². The molecule has 0 aromatic heterocycles. The van der Waals surface area contributed by atoms with Gasteiger partial charge in [-0.1, -0.05) is 57.8 Å². The minimum Gasteiger partial charge on any atom is -0.376 e. The molecule has 1 aliphatic carbocycles. The lowest BCUT2D eigenvalue weighted by molar-refractivity contribution is -0.0405. The number of ether oxygens (including phenoxy) is 1. The summed E-state index contributed by atoms with van der Waals surface area (Å²) in [5.41, 5.74) is 0.175. The van der Waals surface area contributed by atoms with Crippen molar-refractivity contribution in [1.29, 1.82) is 0 Å². The fraction of sp³-hybridized carbons (Fsp3) is 1.00. The van der Waals surface area contributed by atoms with Gasteiger partial charge in [-0.2, -0.15) is 0 Å². The summed E-state index contributed by atoms with van der Waals surface area (Å²) < 4.78 is 5.97. The molecule has 0 atom stereocenters. The van der Waals surface area contributed by atoms with Crippen molar-refractivity contribution in [1.82, 2.24) is 0 Å². The lowest BCUT2D eigenvalue weighted by atomic mass is 9.90. The highest BCUT2D eigenvalue weighted by Gasteiger charge is 2.23. The second-order valence-electron chi connectivity index (χ2n) is 5.56. The minimum absolute atomic E-state index is 0.175. The van der Waals surface area contributed by atoms with Crippen LogP contribution in [0.4, 0.5) is 0 Å². The van der Waals surface area contributed by atoms with Gasteiger partial charge in [0.1, 0.15) is 0 Å². The molecule has 0 unspecified atom stereocenters. The molecule has 0 aromatic carbocycles. The van der Waals surface area contributed by atoms with E-state index < -0.39 is 0 Å². The van der Waals surface area contributed by atoms with Crippen molar-refractivity contribution in [3.05, 3.63) is 0 Å². The SMILES string of the molecule is CCOC1(C)CCCCCCCCCCC1. The van der Waals surface area contributed by atoms with Gasteiger partial charge < -0.3 is 4.74 Å². The Hall–Kier alpha value is -0.0400. The number of hydrogen-bond acceptors (Lipinski definition) is 1. The topological polar surface area (TPSA) is 9.23 Å². The first kappa shape index (κ1) is 14.0. The van der Waals surface area contributed by atoms with Gasteiger partial charge in [-0.3, -0.25) is 0 Å². The van der Waals surface area contributed by atoms with Crippen LogP contribution in [-0.2, 0) is 4.74 Å². The van der Waals surface area contributed by atoms with Crippen LogP contribution in [0.1, 0.15) is 84.5 Å². The quantitative estimate of drug-likeness (QED) is 0.637. The van der Waals surface area contributed by atoms with Crippen molar-refractivity contribution < 1.29 is 4.74 Å². The molecule has 0 N–H and O–H groups in total. The van der Waals surface area contributed by atoms with Crippen LogP contribution in [0.2, 0.25) is 0 Å². The maximum absolute atomic E-state index is 5.97. The molecule has 0 spiro atoms. The Labute approximate surface area is 102 Å². The predicted octanol–water partition coefficient (Wildman–Crippen LogP) is 5.09. The van der Waals surface area contributed by atoms with Gasteiger partial charge >= 0.3 is 0 Å². The Bertz CT molecular complexity index is 153. The Morgan fingerprint density at radius 1 is 0.750 bits per heavy atom. The van der Waals surface area contributed by atoms with Gasteiger partial charge in [0.2, 0.25) is 0 Å². The van der Waals surface area contributed by atoms with Gasteiger partial charge in [-0.25, -0.2) is 0 Å². The van der Waals surface area contributed by atoms with Crippen molar-refractivity contribution in [2.45, 2.75) is 90.1 Å². The summed E-state index contributed by atoms with van der Waals surface area (Å²) in [6, 6.07) is 0. The molecule has 1 rings (SSSR count). The van der Waals surface area contributed by atoms with Crippen molar-refractivity contribution in [3.63, 3.8) is 0 Å². The van der Waals surface area contributed by atoms with E-state index in [1.807, 2.05) is 0 Å². The third-order valence-corrected chi connectivity index (χ3v) is 3.90. The van der Waals surface area contributed by atoms with Crippen molar-refractivity contribution in [2.75, 3.05) is 6.61 Å². The standard InChI is InChI=1S/C15H30O/c1-3-16-15(2)13-11-9-7-5-4-6-8-10-12-14-15/h3-14H2,1-2H3. The van der Waals surface area contributed by atoms with E-state index in [9.17, 15) is 0 Å². The Morgan fingerprint density at radius 2 is 1.12 bits per heavy atom. The summed E-state index contributed by atoms with van der Waals surface area (Å²) in [7, 11) is 0. The molecule has 0 amide bonds. The Morgan fingerprint density at radius 3 is 1.50 bits per heavy atom. The second-order valence-corrected chi connectivity index (χ2v) is 5.56. The molecule has 0 heterocycles. The molecule has 0 aromatic rings. The molecule has 16 heavy (non-hydrogen) atoms. The van der Waals surface area contributed by atoms with Crippen LogP contribution in [0, 0.1) is 0 Å². The summed E-state index contributed by atoms with van der Waals surface area (Å²) in [5.74, 6) is 0. The molecular formula is C15H30O. The summed E-state index contributed by atoms with van der Waals surface area (Å²) in [4.78, 5) is 0. The van der Waals surface area contributed by atoms with Crippen LogP contribution in [0.15, 0.2) is 0 Å². The zero-order chi connectivity index (χ0) is 11.7. The Kier molecular flexibility index (Phi) is 7.11. The molecule has 0 bridgehead atoms. The normalized spacial score (nSPS) is 24.4. The molecule has 96 valence electrons. The van der Waals surface area contributed by atoms with Crippen LogP contribution in [0.5, 0.6) is 0 Å². The maximum atomic E-state index is 5.97. The smallest absolute Gasteiger partial charge is 0.0654 e. The van der Waals surface area contributed by atoms with E-state index in [0.29, 0.717) is 0 Å². The molecule has 0 saturated heterocycles. The predicted molar refractivity (Wildman–Crippen MR) is 70.8 cm³/mol. The molecule has 0 radical (unpaired) electrons. The lowest BCUT2D eigenvalue weighted by Crippen LogP contribution is -2.28. The number of hydrogen-bond donors (Lipinski definition) is 0. The van der Waals surface area contributed by atoms with Gasteiger partial charge in [0, 0.05) is 6.61 Å². The molecule has 1 fully saturated rings. The minimum atomic E-state index is 0.175. The highest BCUT2D eigenvalue weighted by atomic mass is 16.5. The van der Waals surface area contributed by atoms with Gasteiger partial charge in [0.15, 0.2) is 0 Å². The van der Waals surface area contributed by atoms with Crippen molar-refractivity contribution in [3.8, 4) is 0 Å². The zero-order valence-corrected chi connectivity index (χ0v) is 11.4. The molecule has 1 saturated carbocycles. The van der Waals surface area contributed by atoms with Crippen molar-refractivity contribution >= 4 is 0 Å². The monoisotopic (exact) mass is 226 g/mol. The van der Waals surface area contributed by atoms with E-state index in [1.165, 1.54) is 70.6 Å². The fourth-order valence-electron chi connectivity index (χ4n) is 2.85. The van der Waals surface area contributed by atoms with Gasteiger partial charge in [0.05, 0.1) is 5.60 Å². The van der Waals surface area contributed by atoms with Crippen LogP contribution in [0.25, 0.3) is 0 Å². The van der Waals surface area contributed by atoms with Gasteiger partial charge in [-0.05, 0) is 26.7 Å². The molecular weight excluding hydrogens is 196 g/mol. The summed E-state index contributed by atoms with van der Waals surface area (Å²) in [5, 5.41) is 0. The third kappa shape index (κ3) is 5.89. The van der Waals surface area contributed by atoms with Crippen LogP contribution in [-0.4, -0.2) is 12.2 Å². The largest absolute Gasteiger partial charge is 0.376 e. The first-order valence-electron chi connectivity index (χ1n) is 7.41. The maximum Gasteiger partial charge on any atom is 0.0654 e. The first-order valence-corrected chi connectivity index (χ1v) is 7.41. The average Bonchev–Trinajstić information content (AvgIpc) is 2.24. The van der Waals surface area contributed by atoms with Crippen LogP contribution < -0.4 is 0 Å². The summed E-state index contributed by atoms with van der Waals surface area (Å²) in [6.45, 7) is 5.32. The van der Waals surface area contributed by atoms with Crippen LogP contribution >= 0.6 is 0 Å². The van der Waals surface area contributed by atoms with Crippen LogP contribution in [0.3, 0.4) is 0 Å². The molecule has 1 nitrogen and oxygen atoms in total. The number of rotatable bonds is 2. The lowest BCUT2D eigenvalue weighted by Gasteiger charge is -2.30. The van der Waals surface area contributed by atoms with Gasteiger partial charge in [0.25, 0.3) is 0 Å². The second kappa shape index (κ2) is 8.11. The van der Waals surface area contributed by atoms with E-state index in [4.69, 9.17) is 4.74 Å². The first-order chi connectivity index (χ1) is 7.77. The highest BCUT2D eigenvalue weighted by Crippen LogP contribution is 2.27. The molecule has 0 aliphatic heterocycles. The summed E-state index contributed by atoms with van der Waals surface area (Å²) in [6.07, 6.45) is 15.3. The highest BCUT2D eigenvalue weighted by molar-refractivity contribution is 4.75. The third-order valence-electron chi connectivity index (χ3n) is 3.90. The van der Waals surface area contributed by atoms with Gasteiger partial charge in [-0.15, -0.1) is 0 Å². The van der Waals surface area contributed by atoms with E-state index in [0.717, 1.165) is 6.61 Å². The van der Waals surface area contributed by atoms with Crippen molar-refractivity contribution in [2.24, 2.45) is 0 Å². The van der Waals surface area contributed by atoms with E-state index >= 15 is 0 Å².